The van der Waals surface area contributed by atoms with Gasteiger partial charge < -0.3 is 10.2 Å². The van der Waals surface area contributed by atoms with E-state index in [-0.39, 0.29) is 0 Å². The Morgan fingerprint density at radius 1 is 1.19 bits per heavy atom. The average Bonchev–Trinajstić information content (AvgIpc) is 2.96. The van der Waals surface area contributed by atoms with Gasteiger partial charge in [0.1, 0.15) is 0 Å². The van der Waals surface area contributed by atoms with Crippen molar-refractivity contribution in [3.63, 3.8) is 0 Å². The number of halogens is 2. The molecular weight excluding hydrogens is 398 g/mol. The summed E-state index contributed by atoms with van der Waals surface area (Å²) in [6.07, 6.45) is 2.26. The summed E-state index contributed by atoms with van der Waals surface area (Å²) in [5.41, 5.74) is 1.01. The van der Waals surface area contributed by atoms with Gasteiger partial charge in [-0.1, -0.05) is 31.9 Å². The molecule has 7 heteroatoms. The quantitative estimate of drug-likeness (QED) is 0.809. The van der Waals surface area contributed by atoms with E-state index in [0.29, 0.717) is 6.04 Å². The zero-order chi connectivity index (χ0) is 14.8. The number of nitrogens with zero attached hydrogens (tertiary/aromatic N) is 3. The minimum atomic E-state index is 0.612. The molecule has 2 aromatic rings. The van der Waals surface area contributed by atoms with Gasteiger partial charge in [0, 0.05) is 33.6 Å². The van der Waals surface area contributed by atoms with Crippen LogP contribution in [-0.2, 0) is 0 Å². The summed E-state index contributed by atoms with van der Waals surface area (Å²) in [6.45, 7) is 1.98. The maximum atomic E-state index is 4.63. The number of piperidine rings is 1. The maximum Gasteiger partial charge on any atom is 0.245 e. The van der Waals surface area contributed by atoms with Crippen LogP contribution in [0.2, 0.25) is 0 Å². The number of aromatic amines is 1. The number of anilines is 1. The van der Waals surface area contributed by atoms with E-state index in [2.05, 4.69) is 57.3 Å². The molecule has 5 nitrogen and oxygen atoms in total. The number of hydrogen-bond acceptors (Lipinski definition) is 4. The van der Waals surface area contributed by atoms with Crippen LogP contribution in [0.25, 0.3) is 11.4 Å². The lowest BCUT2D eigenvalue weighted by Gasteiger charge is -2.30. The van der Waals surface area contributed by atoms with Crippen LogP contribution in [0.1, 0.15) is 12.8 Å². The number of rotatable bonds is 3. The standard InChI is InChI=1S/C14H17Br2N5/c1-17-12-2-4-21(5-3-12)14-18-13(19-20-14)9-6-10(15)8-11(16)7-9/h6-8,12,17H,2-5H2,1H3,(H,18,19,20). The van der Waals surface area contributed by atoms with E-state index in [1.165, 1.54) is 0 Å². The first kappa shape index (κ1) is 15.0. The maximum absolute atomic E-state index is 4.63. The molecule has 1 fully saturated rings. The van der Waals surface area contributed by atoms with Crippen molar-refractivity contribution < 1.29 is 0 Å². The Balaban J connectivity index is 1.77. The molecule has 2 heterocycles. The Hall–Kier alpha value is -0.920. The van der Waals surface area contributed by atoms with Crippen LogP contribution in [0.4, 0.5) is 5.95 Å². The van der Waals surface area contributed by atoms with E-state index in [0.717, 1.165) is 52.2 Å². The lowest BCUT2D eigenvalue weighted by molar-refractivity contribution is 0.439. The second-order valence-electron chi connectivity index (χ2n) is 5.19. The SMILES string of the molecule is CNC1CCN(c2n[nH]c(-c3cc(Br)cc(Br)c3)n2)CC1. The predicted octanol–water partition coefficient (Wildman–Crippen LogP) is 3.18. The van der Waals surface area contributed by atoms with Gasteiger partial charge in [-0.3, -0.25) is 5.10 Å². The first-order valence-electron chi connectivity index (χ1n) is 6.97. The molecule has 0 bridgehead atoms. The smallest absolute Gasteiger partial charge is 0.245 e. The summed E-state index contributed by atoms with van der Waals surface area (Å²) in [4.78, 5) is 6.87. The minimum Gasteiger partial charge on any atom is -0.339 e. The number of nitrogens with one attached hydrogen (secondary N) is 2. The Kier molecular flexibility index (Phi) is 4.61. The second-order valence-corrected chi connectivity index (χ2v) is 7.02. The highest BCUT2D eigenvalue weighted by molar-refractivity contribution is 9.11. The molecule has 1 saturated heterocycles. The van der Waals surface area contributed by atoms with Gasteiger partial charge in [0.25, 0.3) is 0 Å². The third-order valence-corrected chi connectivity index (χ3v) is 4.71. The highest BCUT2D eigenvalue weighted by atomic mass is 79.9. The fourth-order valence-electron chi connectivity index (χ4n) is 2.58. The molecule has 1 aromatic carbocycles. The topological polar surface area (TPSA) is 56.8 Å². The monoisotopic (exact) mass is 413 g/mol. The van der Waals surface area contributed by atoms with Crippen LogP contribution in [-0.4, -0.2) is 41.4 Å². The molecule has 0 aliphatic carbocycles. The molecule has 2 N–H and O–H groups in total. The van der Waals surface area contributed by atoms with Crippen LogP contribution in [0, 0.1) is 0 Å². The third kappa shape index (κ3) is 3.46. The van der Waals surface area contributed by atoms with Crippen molar-refractivity contribution in [3.8, 4) is 11.4 Å². The van der Waals surface area contributed by atoms with E-state index in [4.69, 9.17) is 0 Å². The molecule has 0 spiro atoms. The number of hydrogen-bond donors (Lipinski definition) is 2. The summed E-state index contributed by atoms with van der Waals surface area (Å²) < 4.78 is 2.03. The van der Waals surface area contributed by atoms with E-state index in [1.54, 1.807) is 0 Å². The summed E-state index contributed by atoms with van der Waals surface area (Å²) >= 11 is 7.00. The van der Waals surface area contributed by atoms with Crippen molar-refractivity contribution in [1.82, 2.24) is 20.5 Å². The molecule has 1 aromatic heterocycles. The Labute approximate surface area is 140 Å². The fourth-order valence-corrected chi connectivity index (χ4v) is 3.88. The Bertz CT molecular complexity index is 599. The molecular formula is C14H17Br2N5. The molecule has 1 aliphatic rings. The zero-order valence-electron chi connectivity index (χ0n) is 11.7. The Morgan fingerprint density at radius 2 is 1.86 bits per heavy atom. The van der Waals surface area contributed by atoms with E-state index in [1.807, 2.05) is 25.2 Å². The normalized spacial score (nSPS) is 16.4. The van der Waals surface area contributed by atoms with Crippen molar-refractivity contribution in [2.45, 2.75) is 18.9 Å². The van der Waals surface area contributed by atoms with Crippen LogP contribution in [0.15, 0.2) is 27.1 Å². The van der Waals surface area contributed by atoms with Crippen molar-refractivity contribution in [2.24, 2.45) is 0 Å². The number of H-pyrrole nitrogens is 1. The van der Waals surface area contributed by atoms with Crippen LogP contribution >= 0.6 is 31.9 Å². The summed E-state index contributed by atoms with van der Waals surface area (Å²) in [5.74, 6) is 1.58. The average molecular weight is 415 g/mol. The van der Waals surface area contributed by atoms with Gasteiger partial charge in [0.05, 0.1) is 0 Å². The van der Waals surface area contributed by atoms with E-state index >= 15 is 0 Å². The zero-order valence-corrected chi connectivity index (χ0v) is 14.9. The minimum absolute atomic E-state index is 0.612. The molecule has 0 saturated carbocycles. The van der Waals surface area contributed by atoms with Gasteiger partial charge in [0.15, 0.2) is 5.82 Å². The molecule has 1 aliphatic heterocycles. The van der Waals surface area contributed by atoms with Gasteiger partial charge in [-0.2, -0.15) is 4.98 Å². The van der Waals surface area contributed by atoms with Crippen molar-refractivity contribution >= 4 is 37.8 Å². The van der Waals surface area contributed by atoms with Crippen LogP contribution in [0.5, 0.6) is 0 Å². The number of benzene rings is 1. The molecule has 0 atom stereocenters. The second kappa shape index (κ2) is 6.46. The lowest BCUT2D eigenvalue weighted by Crippen LogP contribution is -2.41. The van der Waals surface area contributed by atoms with Crippen molar-refractivity contribution in [1.29, 1.82) is 0 Å². The number of aromatic nitrogens is 3. The first-order chi connectivity index (χ1) is 10.2. The van der Waals surface area contributed by atoms with Crippen molar-refractivity contribution in [2.75, 3.05) is 25.0 Å². The van der Waals surface area contributed by atoms with Gasteiger partial charge in [-0.05, 0) is 38.1 Å². The fraction of sp³-hybridized carbons (Fsp3) is 0.429. The largest absolute Gasteiger partial charge is 0.339 e. The van der Waals surface area contributed by atoms with Gasteiger partial charge >= 0.3 is 0 Å². The first-order valence-corrected chi connectivity index (χ1v) is 8.55. The molecule has 0 radical (unpaired) electrons. The molecule has 112 valence electrons. The molecule has 0 unspecified atom stereocenters. The van der Waals surface area contributed by atoms with Crippen LogP contribution in [0.3, 0.4) is 0 Å². The van der Waals surface area contributed by atoms with E-state index < -0.39 is 0 Å². The molecule has 21 heavy (non-hydrogen) atoms. The van der Waals surface area contributed by atoms with Gasteiger partial charge in [-0.25, -0.2) is 0 Å². The summed E-state index contributed by atoms with van der Waals surface area (Å²) in [5, 5.41) is 10.7. The highest BCUT2D eigenvalue weighted by Gasteiger charge is 2.21. The van der Waals surface area contributed by atoms with Crippen LogP contribution < -0.4 is 10.2 Å². The van der Waals surface area contributed by atoms with Gasteiger partial charge in [-0.15, -0.1) is 5.10 Å². The summed E-state index contributed by atoms with van der Waals surface area (Å²) in [6, 6.07) is 6.68. The Morgan fingerprint density at radius 3 is 2.48 bits per heavy atom. The molecule has 3 rings (SSSR count). The van der Waals surface area contributed by atoms with E-state index in [9.17, 15) is 0 Å². The predicted molar refractivity (Wildman–Crippen MR) is 91.5 cm³/mol. The van der Waals surface area contributed by atoms with Gasteiger partial charge in [0.2, 0.25) is 5.95 Å². The molecule has 0 amide bonds. The van der Waals surface area contributed by atoms with Crippen molar-refractivity contribution in [3.05, 3.63) is 27.1 Å². The lowest BCUT2D eigenvalue weighted by atomic mass is 10.1. The summed E-state index contributed by atoms with van der Waals surface area (Å²) in [7, 11) is 2.02. The highest BCUT2D eigenvalue weighted by Crippen LogP contribution is 2.27. The third-order valence-electron chi connectivity index (χ3n) is 3.80.